The van der Waals surface area contributed by atoms with Crippen molar-refractivity contribution in [3.8, 4) is 22.6 Å². The van der Waals surface area contributed by atoms with E-state index in [1.807, 2.05) is 13.8 Å². The van der Waals surface area contributed by atoms with Gasteiger partial charge in [0.1, 0.15) is 11.4 Å². The van der Waals surface area contributed by atoms with E-state index in [-0.39, 0.29) is 54.1 Å². The first-order chi connectivity index (χ1) is 25.0. The van der Waals surface area contributed by atoms with Gasteiger partial charge in [-0.2, -0.15) is 39.5 Å². The van der Waals surface area contributed by atoms with Gasteiger partial charge in [-0.3, -0.25) is 4.79 Å². The number of methoxy groups -OCH3 is 1. The van der Waals surface area contributed by atoms with Crippen LogP contribution in [0.15, 0.2) is 67.0 Å². The lowest BCUT2D eigenvalue weighted by Gasteiger charge is -2.27. The van der Waals surface area contributed by atoms with E-state index in [4.69, 9.17) is 14.2 Å². The summed E-state index contributed by atoms with van der Waals surface area (Å²) in [6.45, 7) is 8.19. The Hall–Kier alpha value is -5.02. The Morgan fingerprint density at radius 1 is 0.759 bits per heavy atom. The number of rotatable bonds is 12. The number of hydrogen-bond donors (Lipinski definition) is 0. The molecule has 4 aromatic rings. The zero-order valence-electron chi connectivity index (χ0n) is 30.1. The van der Waals surface area contributed by atoms with Crippen LogP contribution in [0.2, 0.25) is 0 Å². The van der Waals surface area contributed by atoms with E-state index in [9.17, 15) is 44.3 Å². The van der Waals surface area contributed by atoms with E-state index in [0.29, 0.717) is 17.7 Å². The van der Waals surface area contributed by atoms with Crippen molar-refractivity contribution >= 4 is 17.6 Å². The van der Waals surface area contributed by atoms with Gasteiger partial charge in [0.15, 0.2) is 5.75 Å². The van der Waals surface area contributed by atoms with Crippen molar-refractivity contribution in [1.29, 1.82) is 0 Å². The molecule has 0 aliphatic heterocycles. The van der Waals surface area contributed by atoms with Gasteiger partial charge in [-0.05, 0) is 92.3 Å². The van der Waals surface area contributed by atoms with E-state index < -0.39 is 65.0 Å². The summed E-state index contributed by atoms with van der Waals surface area (Å²) in [6, 6.07) is 8.64. The van der Waals surface area contributed by atoms with Gasteiger partial charge in [0.25, 0.3) is 0 Å². The Labute approximate surface area is 306 Å². The molecule has 292 valence electrons. The van der Waals surface area contributed by atoms with E-state index in [2.05, 4.69) is 9.97 Å². The maximum atomic E-state index is 14.1. The van der Waals surface area contributed by atoms with Crippen molar-refractivity contribution in [3.63, 3.8) is 0 Å². The second-order valence-electron chi connectivity index (χ2n) is 13.6. The molecule has 0 fully saturated rings. The topological polar surface area (TPSA) is 73.8 Å². The Kier molecular flexibility index (Phi) is 12.5. The minimum atomic E-state index is -5.23. The van der Waals surface area contributed by atoms with Crippen molar-refractivity contribution in [3.05, 3.63) is 94.8 Å². The number of aromatic nitrogens is 2. The predicted octanol–water partition coefficient (Wildman–Crippen LogP) is 11.2. The molecule has 0 aliphatic carbocycles. The summed E-state index contributed by atoms with van der Waals surface area (Å²) < 4.78 is 143. The average molecular weight is 772 g/mol. The zero-order valence-corrected chi connectivity index (χ0v) is 30.1. The molecule has 54 heavy (non-hydrogen) atoms. The summed E-state index contributed by atoms with van der Waals surface area (Å²) in [5, 5.41) is 0. The van der Waals surface area contributed by atoms with Gasteiger partial charge >= 0.3 is 24.5 Å². The van der Waals surface area contributed by atoms with Crippen molar-refractivity contribution in [2.24, 2.45) is 0 Å². The Bertz CT molecular complexity index is 1890. The highest BCUT2D eigenvalue weighted by atomic mass is 19.4. The van der Waals surface area contributed by atoms with Crippen LogP contribution < -0.4 is 14.4 Å². The molecule has 0 saturated carbocycles. The number of carbonyl (C=O) groups is 1. The molecule has 16 heteroatoms. The molecule has 0 atom stereocenters. The molecule has 0 bridgehead atoms. The quantitative estimate of drug-likeness (QED) is 0.0806. The lowest BCUT2D eigenvalue weighted by Crippen LogP contribution is -2.24. The average Bonchev–Trinajstić information content (AvgIpc) is 3.07. The Morgan fingerprint density at radius 3 is 1.87 bits per heavy atom. The molecule has 0 amide bonds. The van der Waals surface area contributed by atoms with Gasteiger partial charge in [0.05, 0.1) is 49.3 Å². The number of halogens is 9. The second kappa shape index (κ2) is 16.1. The number of alkyl halides is 9. The lowest BCUT2D eigenvalue weighted by atomic mass is 9.92. The number of hydrogen-bond acceptors (Lipinski definition) is 7. The van der Waals surface area contributed by atoms with Crippen LogP contribution in [0.5, 0.6) is 11.5 Å². The molecule has 1 aromatic heterocycles. The largest absolute Gasteiger partial charge is 0.496 e. The van der Waals surface area contributed by atoms with Crippen LogP contribution in [0.1, 0.15) is 81.2 Å². The van der Waals surface area contributed by atoms with Gasteiger partial charge in [-0.1, -0.05) is 26.0 Å². The predicted molar refractivity (Wildman–Crippen MR) is 182 cm³/mol. The molecule has 7 nitrogen and oxygen atoms in total. The maximum Gasteiger partial charge on any atom is 0.416 e. The number of benzene rings is 3. The van der Waals surface area contributed by atoms with Gasteiger partial charge in [0.2, 0.25) is 5.95 Å². The van der Waals surface area contributed by atoms with E-state index in [1.165, 1.54) is 13.2 Å². The van der Waals surface area contributed by atoms with Crippen molar-refractivity contribution < 1.29 is 58.5 Å². The van der Waals surface area contributed by atoms with Crippen LogP contribution in [-0.4, -0.2) is 35.3 Å². The number of nitrogens with zero attached hydrogens (tertiary/aromatic N) is 3. The molecule has 1 heterocycles. The Balaban J connectivity index is 1.85. The second-order valence-corrected chi connectivity index (χ2v) is 13.6. The zero-order chi connectivity index (χ0) is 40.2. The summed E-state index contributed by atoms with van der Waals surface area (Å²) >= 11 is 0. The highest BCUT2D eigenvalue weighted by Crippen LogP contribution is 2.43. The minimum Gasteiger partial charge on any atom is -0.496 e. The molecule has 0 saturated heterocycles. The molecule has 0 N–H and O–H groups in total. The van der Waals surface area contributed by atoms with E-state index in [0.717, 1.165) is 35.0 Å². The fourth-order valence-corrected chi connectivity index (χ4v) is 5.32. The molecular formula is C38H38F9N3O4. The molecular weight excluding hydrogens is 733 g/mol. The van der Waals surface area contributed by atoms with Crippen LogP contribution in [0, 0.1) is 0 Å². The van der Waals surface area contributed by atoms with E-state index >= 15 is 0 Å². The highest BCUT2D eigenvalue weighted by molar-refractivity contribution is 5.76. The number of esters is 1. The van der Waals surface area contributed by atoms with Crippen LogP contribution in [0.25, 0.3) is 11.1 Å². The third kappa shape index (κ3) is 11.0. The molecule has 0 spiro atoms. The lowest BCUT2D eigenvalue weighted by molar-refractivity contribution is -0.155. The SMILES string of the molecule is COc1ccc(C(C)C)cc1-c1ccc(C(F)(F)F)cc1CN(c1cc(C(F)(F)F)cc(C(F)(F)F)c1)c1ncc(OCCCC(=O)OC(C)(C)C)cn1. The number of carbonyl (C=O) groups excluding carboxylic acids is 1. The fraction of sp³-hybridized carbons (Fsp3) is 0.395. The summed E-state index contributed by atoms with van der Waals surface area (Å²) in [5.74, 6) is -0.640. The van der Waals surface area contributed by atoms with E-state index in [1.54, 1.807) is 39.0 Å². The first-order valence-electron chi connectivity index (χ1n) is 16.6. The highest BCUT2D eigenvalue weighted by Gasteiger charge is 2.38. The van der Waals surface area contributed by atoms with Crippen LogP contribution in [0.4, 0.5) is 51.1 Å². The molecule has 4 rings (SSSR count). The van der Waals surface area contributed by atoms with Crippen molar-refractivity contribution in [2.75, 3.05) is 18.6 Å². The van der Waals surface area contributed by atoms with Crippen LogP contribution in [0.3, 0.4) is 0 Å². The summed E-state index contributed by atoms with van der Waals surface area (Å²) in [4.78, 5) is 21.1. The summed E-state index contributed by atoms with van der Waals surface area (Å²) in [5.41, 5.74) is -4.66. The minimum absolute atomic E-state index is 0.000890. The summed E-state index contributed by atoms with van der Waals surface area (Å²) in [6.07, 6.45) is -12.9. The molecule has 0 aliphatic rings. The number of anilines is 2. The fourth-order valence-electron chi connectivity index (χ4n) is 5.32. The van der Waals surface area contributed by atoms with Gasteiger partial charge in [-0.25, -0.2) is 9.97 Å². The number of ether oxygens (including phenoxy) is 3. The Morgan fingerprint density at radius 2 is 1.35 bits per heavy atom. The standard InChI is InChI=1S/C38H38F9N3O4/c1-22(2)23-9-12-32(52-6)31(15-23)30-11-10-25(36(39,40)41)14-24(30)21-50(28-17-26(37(42,43)44)16-27(18-28)38(45,46)47)34-48-19-29(20-49-34)53-13-7-8-33(51)54-35(3,4)5/h9-12,14-20,22H,7-8,13,21H2,1-6H3. The monoisotopic (exact) mass is 771 g/mol. The third-order valence-corrected chi connectivity index (χ3v) is 7.90. The van der Waals surface area contributed by atoms with Gasteiger partial charge < -0.3 is 19.1 Å². The van der Waals surface area contributed by atoms with Crippen LogP contribution >= 0.6 is 0 Å². The van der Waals surface area contributed by atoms with Gasteiger partial charge in [0, 0.05) is 17.7 Å². The molecule has 0 radical (unpaired) electrons. The summed E-state index contributed by atoms with van der Waals surface area (Å²) in [7, 11) is 1.35. The third-order valence-electron chi connectivity index (χ3n) is 7.90. The smallest absolute Gasteiger partial charge is 0.416 e. The molecule has 3 aromatic carbocycles. The first kappa shape index (κ1) is 41.7. The van der Waals surface area contributed by atoms with Crippen LogP contribution in [-0.2, 0) is 34.6 Å². The molecule has 0 unspecified atom stereocenters. The van der Waals surface area contributed by atoms with Gasteiger partial charge in [-0.15, -0.1) is 0 Å². The van der Waals surface area contributed by atoms with Crippen molar-refractivity contribution in [2.45, 2.75) is 84.1 Å². The van der Waals surface area contributed by atoms with Crippen molar-refractivity contribution in [1.82, 2.24) is 9.97 Å². The normalized spacial score (nSPS) is 12.5. The maximum absolute atomic E-state index is 14.1. The first-order valence-corrected chi connectivity index (χ1v) is 16.6.